The Hall–Kier alpha value is -5.91. The molecule has 0 atom stereocenters. The molecule has 1 saturated heterocycles. The Labute approximate surface area is 428 Å². The van der Waals surface area contributed by atoms with Crippen molar-refractivity contribution < 1.29 is 82.5 Å². The summed E-state index contributed by atoms with van der Waals surface area (Å²) in [5.41, 5.74) is 10.5. The van der Waals surface area contributed by atoms with Gasteiger partial charge >= 0.3 is 17.9 Å². The number of hydrogen-bond acceptors (Lipinski definition) is 12. The van der Waals surface area contributed by atoms with Gasteiger partial charge in [-0.25, -0.2) is 29.3 Å². The van der Waals surface area contributed by atoms with Gasteiger partial charge in [-0.2, -0.15) is 0 Å². The molecule has 1 aliphatic rings. The number of carbonyl (C=O) groups is 3. The molecule has 1 radical (unpaired) electrons. The predicted molar refractivity (Wildman–Crippen MR) is 257 cm³/mol. The maximum atomic E-state index is 12.0. The van der Waals surface area contributed by atoms with E-state index in [1.165, 1.54) is 0 Å². The smallest absolute Gasteiger partial charge is 0.354 e. The molecular formula is C52H58N6O9Tb. The van der Waals surface area contributed by atoms with Crippen molar-refractivity contribution in [1.29, 1.82) is 0 Å². The van der Waals surface area contributed by atoms with Gasteiger partial charge in [0.05, 0.1) is 32.7 Å². The zero-order valence-electron chi connectivity index (χ0n) is 39.4. The molecule has 3 aromatic carbocycles. The molecule has 0 amide bonds. The maximum absolute atomic E-state index is 12.0. The summed E-state index contributed by atoms with van der Waals surface area (Å²) >= 11 is 0. The molecule has 16 heteroatoms. The second-order valence-electron chi connectivity index (χ2n) is 16.3. The van der Waals surface area contributed by atoms with Crippen LogP contribution in [0.25, 0.3) is 33.4 Å². The van der Waals surface area contributed by atoms with Crippen molar-refractivity contribution in [3.8, 4) is 50.6 Å². The number of aromatic carboxylic acids is 3. The van der Waals surface area contributed by atoms with Gasteiger partial charge in [-0.1, -0.05) is 25.1 Å². The van der Waals surface area contributed by atoms with E-state index in [0.717, 1.165) is 99.2 Å². The zero-order chi connectivity index (χ0) is 48.2. The summed E-state index contributed by atoms with van der Waals surface area (Å²) in [5.74, 6) is -0.884. The fourth-order valence-electron chi connectivity index (χ4n) is 8.04. The number of carboxylic acids is 3. The molecular weight excluding hydrogens is 1010 g/mol. The molecule has 1 aliphatic heterocycles. The van der Waals surface area contributed by atoms with Crippen LogP contribution in [0.3, 0.4) is 0 Å². The molecule has 4 heterocycles. The molecule has 0 unspecified atom stereocenters. The first-order chi connectivity index (χ1) is 32.2. The standard InChI is InChI=1S/C36H41N5O6.C16H17NO3.Tb/c1-23-15-29(46-3)5-7-31(23)25-17-27(38-33(19-25)35(42)43)21-40-11-9-37-10-12-41(14-13-40)22-28-18-26(20-34(39-28)36(44)45)32-8-6-30(47-4)16-24(32)2;1-4-12-8-11(9-15(17-12)16(18)19)14-6-5-13(20-3)7-10(14)2;/h5-8,15-20,37H,9-14,21-22H2,1-4H3,(H,42,43)(H,44,45);5-9H,4H2,1-3H3,(H,18,19);. The van der Waals surface area contributed by atoms with Gasteiger partial charge in [-0.15, -0.1) is 0 Å². The number of methoxy groups -OCH3 is 3. The first-order valence-electron chi connectivity index (χ1n) is 22.0. The summed E-state index contributed by atoms with van der Waals surface area (Å²) in [4.78, 5) is 52.9. The Kier molecular flexibility index (Phi) is 19.4. The van der Waals surface area contributed by atoms with Gasteiger partial charge in [0.15, 0.2) is 0 Å². The average molecular weight is 1070 g/mol. The third-order valence-electron chi connectivity index (χ3n) is 11.6. The van der Waals surface area contributed by atoms with E-state index in [-0.39, 0.29) is 55.7 Å². The third-order valence-corrected chi connectivity index (χ3v) is 11.6. The molecule has 0 bridgehead atoms. The van der Waals surface area contributed by atoms with Crippen molar-refractivity contribution >= 4 is 17.9 Å². The van der Waals surface area contributed by atoms with Crippen LogP contribution in [0.4, 0.5) is 0 Å². The summed E-state index contributed by atoms with van der Waals surface area (Å²) in [6.07, 6.45) is 0.698. The second kappa shape index (κ2) is 24.9. The Morgan fingerprint density at radius 3 is 1.13 bits per heavy atom. The number of pyridine rings is 3. The first kappa shape index (κ1) is 53.0. The number of aryl methyl sites for hydroxylation is 4. The minimum atomic E-state index is -1.07. The fourth-order valence-corrected chi connectivity index (χ4v) is 8.04. The van der Waals surface area contributed by atoms with Gasteiger partial charge in [-0.3, -0.25) is 9.80 Å². The van der Waals surface area contributed by atoms with E-state index in [1.807, 2.05) is 100 Å². The maximum Gasteiger partial charge on any atom is 0.354 e. The minimum Gasteiger partial charge on any atom is -0.497 e. The fraction of sp³-hybridized carbons (Fsp3) is 0.308. The summed E-state index contributed by atoms with van der Waals surface area (Å²) in [7, 11) is 4.86. The molecule has 1 fully saturated rings. The number of rotatable bonds is 14. The zero-order valence-corrected chi connectivity index (χ0v) is 41.5. The van der Waals surface area contributed by atoms with Gasteiger partial charge in [0.2, 0.25) is 0 Å². The van der Waals surface area contributed by atoms with Crippen molar-refractivity contribution in [1.82, 2.24) is 30.1 Å². The van der Waals surface area contributed by atoms with E-state index in [4.69, 9.17) is 19.3 Å². The summed E-state index contributed by atoms with van der Waals surface area (Å²) in [6.45, 7) is 13.3. The van der Waals surface area contributed by atoms with Crippen LogP contribution < -0.4 is 19.5 Å². The van der Waals surface area contributed by atoms with Crippen LogP contribution in [0.2, 0.25) is 0 Å². The molecule has 0 saturated carbocycles. The minimum absolute atomic E-state index is 0. The van der Waals surface area contributed by atoms with Gasteiger partial charge in [0.1, 0.15) is 34.3 Å². The van der Waals surface area contributed by atoms with Crippen molar-refractivity contribution in [2.24, 2.45) is 0 Å². The number of benzene rings is 3. The second-order valence-corrected chi connectivity index (χ2v) is 16.3. The molecule has 15 nitrogen and oxygen atoms in total. The van der Waals surface area contributed by atoms with Crippen LogP contribution in [-0.4, -0.2) is 119 Å². The Balaban J connectivity index is 0.000000344. The number of nitrogens with one attached hydrogen (secondary N) is 1. The largest absolute Gasteiger partial charge is 0.497 e. The number of carboxylic acid groups (broad SMARTS) is 3. The van der Waals surface area contributed by atoms with Crippen molar-refractivity contribution in [2.75, 3.05) is 60.6 Å². The SMILES string of the molecule is CCc1cc(-c2ccc(OC)cc2C)cc(C(=O)O)n1.COc1ccc(-c2cc(CN3CCNCCN(Cc4cc(-c5ccc(OC)cc5C)cc(C(=O)O)n4)CC3)nc(C(=O)O)c2)c(C)c1.[Tb]. The van der Waals surface area contributed by atoms with Crippen LogP contribution >= 0.6 is 0 Å². The molecule has 4 N–H and O–H groups in total. The Morgan fingerprint density at radius 2 is 0.838 bits per heavy atom. The van der Waals surface area contributed by atoms with E-state index in [0.29, 0.717) is 44.0 Å². The van der Waals surface area contributed by atoms with Gasteiger partial charge in [0.25, 0.3) is 0 Å². The molecule has 6 aromatic rings. The number of nitrogens with zero attached hydrogens (tertiary/aromatic N) is 5. The van der Waals surface area contributed by atoms with Crippen LogP contribution in [-0.2, 0) is 19.5 Å². The molecule has 68 heavy (non-hydrogen) atoms. The van der Waals surface area contributed by atoms with Crippen molar-refractivity contribution in [3.63, 3.8) is 0 Å². The average Bonchev–Trinajstić information content (AvgIpc) is 3.42. The first-order valence-corrected chi connectivity index (χ1v) is 22.0. The van der Waals surface area contributed by atoms with E-state index in [1.54, 1.807) is 39.5 Å². The van der Waals surface area contributed by atoms with Gasteiger partial charge < -0.3 is 34.8 Å². The van der Waals surface area contributed by atoms with Crippen molar-refractivity contribution in [3.05, 3.63) is 142 Å². The number of hydrogen-bond donors (Lipinski definition) is 4. The van der Waals surface area contributed by atoms with Crippen LogP contribution in [0, 0.1) is 59.4 Å². The quantitative estimate of drug-likeness (QED) is 0.0817. The number of ether oxygens (including phenoxy) is 3. The third kappa shape index (κ3) is 14.1. The Bertz CT molecular complexity index is 2620. The normalized spacial score (nSPS) is 13.1. The summed E-state index contributed by atoms with van der Waals surface area (Å²) < 4.78 is 15.9. The van der Waals surface area contributed by atoms with E-state index < -0.39 is 17.9 Å². The molecule has 0 spiro atoms. The monoisotopic (exact) mass is 1070 g/mol. The van der Waals surface area contributed by atoms with Crippen LogP contribution in [0.1, 0.15) is 72.2 Å². The summed E-state index contributed by atoms with van der Waals surface area (Å²) in [6, 6.07) is 27.9. The number of aromatic nitrogens is 3. The Morgan fingerprint density at radius 1 is 0.515 bits per heavy atom. The van der Waals surface area contributed by atoms with Gasteiger partial charge in [0, 0.05) is 96.7 Å². The molecule has 0 aliphatic carbocycles. The van der Waals surface area contributed by atoms with E-state index in [9.17, 15) is 24.6 Å². The molecule has 3 aromatic heterocycles. The summed E-state index contributed by atoms with van der Waals surface area (Å²) in [5, 5.41) is 32.3. The van der Waals surface area contributed by atoms with E-state index in [2.05, 4.69) is 30.1 Å². The van der Waals surface area contributed by atoms with Crippen LogP contribution in [0.15, 0.2) is 91.0 Å². The molecule has 7 rings (SSSR count). The topological polar surface area (TPSA) is 197 Å². The van der Waals surface area contributed by atoms with Gasteiger partial charge in [-0.05, 0) is 150 Å². The van der Waals surface area contributed by atoms with E-state index >= 15 is 0 Å². The van der Waals surface area contributed by atoms with Crippen LogP contribution in [0.5, 0.6) is 17.2 Å². The molecule has 359 valence electrons. The van der Waals surface area contributed by atoms with Crippen molar-refractivity contribution in [2.45, 2.75) is 47.2 Å². The predicted octanol–water partition coefficient (Wildman–Crippen LogP) is 8.07.